The van der Waals surface area contributed by atoms with Gasteiger partial charge in [-0.1, -0.05) is 0 Å². The number of carboxylic acids is 1. The molecule has 0 unspecified atom stereocenters. The second kappa shape index (κ2) is 2.44. The highest BCUT2D eigenvalue weighted by Crippen LogP contribution is 1.95. The van der Waals surface area contributed by atoms with Gasteiger partial charge in [-0.3, -0.25) is 9.89 Å². The second-order valence-electron chi connectivity index (χ2n) is 2.44. The van der Waals surface area contributed by atoms with Gasteiger partial charge in [0.05, 0.1) is 0 Å². The van der Waals surface area contributed by atoms with Crippen LogP contribution >= 0.6 is 0 Å². The second-order valence-corrected chi connectivity index (χ2v) is 2.44. The lowest BCUT2D eigenvalue weighted by molar-refractivity contribution is 0.0694. The average molecular weight is 179 g/mol. The number of H-pyrrole nitrogens is 1. The maximum Gasteiger partial charge on any atom is 0.343 e. The topological polar surface area (TPSA) is 87.5 Å². The maximum atomic E-state index is 11.3. The predicted molar refractivity (Wildman–Crippen MR) is 42.8 cm³/mol. The minimum absolute atomic E-state index is 0.347. The van der Waals surface area contributed by atoms with Crippen LogP contribution in [0.15, 0.2) is 23.3 Å². The van der Waals surface area contributed by atoms with Gasteiger partial charge in [0.1, 0.15) is 5.56 Å². The van der Waals surface area contributed by atoms with Crippen LogP contribution in [0.4, 0.5) is 0 Å². The number of carbonyl (C=O) groups is 1. The highest BCUT2D eigenvalue weighted by Gasteiger charge is 2.11. The molecule has 6 nitrogen and oxygen atoms in total. The number of rotatable bonds is 1. The van der Waals surface area contributed by atoms with E-state index < -0.39 is 11.5 Å². The van der Waals surface area contributed by atoms with Gasteiger partial charge >= 0.3 is 5.97 Å². The quantitative estimate of drug-likeness (QED) is 0.630. The van der Waals surface area contributed by atoms with Crippen LogP contribution in [0.2, 0.25) is 0 Å². The van der Waals surface area contributed by atoms with E-state index in [1.165, 1.54) is 6.20 Å². The fraction of sp³-hybridized carbons (Fsp3) is 0. The summed E-state index contributed by atoms with van der Waals surface area (Å²) >= 11 is 0. The molecule has 0 aromatic carbocycles. The first-order valence-corrected chi connectivity index (χ1v) is 3.48. The first-order valence-electron chi connectivity index (χ1n) is 3.48. The molecule has 0 spiro atoms. The normalized spacial score (nSPS) is 10.5. The molecule has 2 aromatic heterocycles. The number of aromatic nitrogens is 3. The fourth-order valence-corrected chi connectivity index (χ4v) is 1.04. The van der Waals surface area contributed by atoms with Crippen LogP contribution in [-0.2, 0) is 0 Å². The maximum absolute atomic E-state index is 11.3. The molecule has 0 fully saturated rings. The van der Waals surface area contributed by atoms with Crippen LogP contribution in [0.5, 0.6) is 0 Å². The van der Waals surface area contributed by atoms with Gasteiger partial charge in [0.25, 0.3) is 5.56 Å². The summed E-state index contributed by atoms with van der Waals surface area (Å²) in [5.41, 5.74) is -0.558. The fourth-order valence-electron chi connectivity index (χ4n) is 1.04. The van der Waals surface area contributed by atoms with E-state index in [0.29, 0.717) is 5.65 Å². The van der Waals surface area contributed by atoms with Crippen molar-refractivity contribution >= 4 is 11.6 Å². The van der Waals surface area contributed by atoms with Crippen molar-refractivity contribution < 1.29 is 9.90 Å². The first kappa shape index (κ1) is 7.53. The van der Waals surface area contributed by atoms with Gasteiger partial charge in [0.15, 0.2) is 5.65 Å². The zero-order valence-corrected chi connectivity index (χ0v) is 6.39. The number of nitrogens with one attached hydrogen (secondary N) is 1. The molecule has 13 heavy (non-hydrogen) atoms. The summed E-state index contributed by atoms with van der Waals surface area (Å²) in [6.07, 6.45) is 2.56. The molecule has 2 aromatic rings. The van der Waals surface area contributed by atoms with Crippen molar-refractivity contribution in [3.63, 3.8) is 0 Å². The van der Waals surface area contributed by atoms with E-state index in [2.05, 4.69) is 10.1 Å². The summed E-state index contributed by atoms with van der Waals surface area (Å²) in [7, 11) is 0. The third kappa shape index (κ3) is 0.994. The molecular formula is C7H5N3O3. The number of aromatic amines is 1. The lowest BCUT2D eigenvalue weighted by Gasteiger charge is -1.94. The molecule has 0 saturated heterocycles. The van der Waals surface area contributed by atoms with Gasteiger partial charge in [-0.2, -0.15) is 0 Å². The molecule has 2 rings (SSSR count). The Morgan fingerprint density at radius 1 is 1.62 bits per heavy atom. The summed E-state index contributed by atoms with van der Waals surface area (Å²) in [5, 5.41) is 11.2. The third-order valence-corrected chi connectivity index (χ3v) is 1.65. The van der Waals surface area contributed by atoms with Crippen LogP contribution in [0.25, 0.3) is 5.65 Å². The summed E-state index contributed by atoms with van der Waals surface area (Å²) in [6, 6.07) is 1.58. The van der Waals surface area contributed by atoms with Gasteiger partial charge in [-0.25, -0.2) is 14.3 Å². The summed E-state index contributed by atoms with van der Waals surface area (Å²) in [6.45, 7) is 0. The van der Waals surface area contributed by atoms with Crippen LogP contribution in [-0.4, -0.2) is 25.7 Å². The highest BCUT2D eigenvalue weighted by molar-refractivity contribution is 5.86. The van der Waals surface area contributed by atoms with Crippen LogP contribution < -0.4 is 5.56 Å². The molecule has 0 radical (unpaired) electrons. The lowest BCUT2D eigenvalue weighted by Crippen LogP contribution is -2.22. The van der Waals surface area contributed by atoms with Crippen molar-refractivity contribution in [3.8, 4) is 0 Å². The van der Waals surface area contributed by atoms with Gasteiger partial charge in [-0.05, 0) is 0 Å². The molecule has 0 bridgehead atoms. The first-order chi connectivity index (χ1) is 6.20. The molecule has 2 N–H and O–H groups in total. The van der Waals surface area contributed by atoms with E-state index in [4.69, 9.17) is 5.11 Å². The molecule has 0 atom stereocenters. The smallest absolute Gasteiger partial charge is 0.343 e. The molecule has 0 aliphatic rings. The Balaban J connectivity index is 2.89. The Morgan fingerprint density at radius 2 is 2.38 bits per heavy atom. The lowest BCUT2D eigenvalue weighted by atomic mass is 10.3. The monoisotopic (exact) mass is 179 g/mol. The van der Waals surface area contributed by atoms with E-state index in [-0.39, 0.29) is 5.56 Å². The Labute approximate surface area is 71.4 Å². The van der Waals surface area contributed by atoms with Crippen LogP contribution in [0.3, 0.4) is 0 Å². The number of hydrogen-bond donors (Lipinski definition) is 2. The van der Waals surface area contributed by atoms with Crippen molar-refractivity contribution in [2.24, 2.45) is 0 Å². The van der Waals surface area contributed by atoms with Crippen molar-refractivity contribution in [1.82, 2.24) is 14.6 Å². The van der Waals surface area contributed by atoms with Crippen molar-refractivity contribution in [2.75, 3.05) is 0 Å². The van der Waals surface area contributed by atoms with Gasteiger partial charge < -0.3 is 5.11 Å². The molecule has 0 amide bonds. The molecule has 6 heteroatoms. The summed E-state index contributed by atoms with van der Waals surface area (Å²) < 4.78 is 1.07. The Hall–Kier alpha value is -2.11. The predicted octanol–water partition coefficient (Wildman–Crippen LogP) is -0.279. The molecule has 2 heterocycles. The Kier molecular flexibility index (Phi) is 1.42. The van der Waals surface area contributed by atoms with Crippen molar-refractivity contribution in [1.29, 1.82) is 0 Å². The summed E-state index contributed by atoms with van der Waals surface area (Å²) in [4.78, 5) is 25.6. The largest absolute Gasteiger partial charge is 0.477 e. The van der Waals surface area contributed by atoms with E-state index in [1.807, 2.05) is 0 Å². The third-order valence-electron chi connectivity index (χ3n) is 1.65. The number of fused-ring (bicyclic) bond motifs is 1. The number of aromatic carboxylic acids is 1. The minimum Gasteiger partial charge on any atom is -0.477 e. The van der Waals surface area contributed by atoms with Crippen molar-refractivity contribution in [2.45, 2.75) is 0 Å². The standard InChI is InChI=1S/C7H5N3O3/c11-6-4(7(12)13)3-8-5-1-2-9-10(5)6/h1-3,9H,(H,12,13). The Bertz CT molecular complexity index is 525. The number of nitrogens with zero attached hydrogens (tertiary/aromatic N) is 2. The average Bonchev–Trinajstić information content (AvgIpc) is 2.52. The van der Waals surface area contributed by atoms with E-state index in [9.17, 15) is 9.59 Å². The molecule has 0 aliphatic carbocycles. The van der Waals surface area contributed by atoms with Crippen LogP contribution in [0, 0.1) is 0 Å². The van der Waals surface area contributed by atoms with Gasteiger partial charge in [-0.15, -0.1) is 0 Å². The Morgan fingerprint density at radius 3 is 3.08 bits per heavy atom. The number of hydrogen-bond acceptors (Lipinski definition) is 3. The molecule has 66 valence electrons. The van der Waals surface area contributed by atoms with E-state index in [1.54, 1.807) is 6.07 Å². The molecular weight excluding hydrogens is 174 g/mol. The SMILES string of the molecule is O=C(O)c1cnc2cc[nH]n2c1=O. The molecule has 0 aliphatic heterocycles. The minimum atomic E-state index is -1.28. The molecule has 0 saturated carbocycles. The number of carboxylic acid groups (broad SMARTS) is 1. The van der Waals surface area contributed by atoms with Crippen molar-refractivity contribution in [3.05, 3.63) is 34.4 Å². The zero-order chi connectivity index (χ0) is 9.42. The van der Waals surface area contributed by atoms with E-state index >= 15 is 0 Å². The summed E-state index contributed by atoms with van der Waals surface area (Å²) in [5.74, 6) is -1.28. The zero-order valence-electron chi connectivity index (χ0n) is 6.39. The van der Waals surface area contributed by atoms with E-state index in [0.717, 1.165) is 10.7 Å². The van der Waals surface area contributed by atoms with Gasteiger partial charge in [0.2, 0.25) is 0 Å². The van der Waals surface area contributed by atoms with Gasteiger partial charge in [0, 0.05) is 18.5 Å². The van der Waals surface area contributed by atoms with Crippen LogP contribution in [0.1, 0.15) is 10.4 Å². The highest BCUT2D eigenvalue weighted by atomic mass is 16.4.